The second kappa shape index (κ2) is 11.0. The normalized spacial score (nSPS) is 10.3. The lowest BCUT2D eigenvalue weighted by Gasteiger charge is -2.01. The lowest BCUT2D eigenvalue weighted by atomic mass is 10.6. The summed E-state index contributed by atoms with van der Waals surface area (Å²) in [5.41, 5.74) is 0. The van der Waals surface area contributed by atoms with Crippen molar-refractivity contribution in [3.63, 3.8) is 0 Å². The highest BCUT2D eigenvalue weighted by Crippen LogP contribution is 1.98. The summed E-state index contributed by atoms with van der Waals surface area (Å²) in [4.78, 5) is 23.1. The van der Waals surface area contributed by atoms with E-state index < -0.39 is 0 Å². The third-order valence-corrected chi connectivity index (χ3v) is 1.35. The second-order valence-electron chi connectivity index (χ2n) is 3.04. The van der Waals surface area contributed by atoms with Gasteiger partial charge in [0, 0.05) is 40.6 Å². The second-order valence-corrected chi connectivity index (χ2v) is 3.95. The van der Waals surface area contributed by atoms with Crippen molar-refractivity contribution >= 4 is 28.5 Å². The van der Waals surface area contributed by atoms with Crippen molar-refractivity contribution in [1.82, 2.24) is 9.80 Å². The van der Waals surface area contributed by atoms with Crippen LogP contribution in [0.15, 0.2) is 23.0 Å². The summed E-state index contributed by atoms with van der Waals surface area (Å²) >= 11 is 3.03. The zero-order chi connectivity index (χ0) is 12.3. The van der Waals surface area contributed by atoms with Crippen LogP contribution in [0.1, 0.15) is 0 Å². The summed E-state index contributed by atoms with van der Waals surface area (Å²) in [6.45, 7) is 0. The molecule has 0 heterocycles. The molecule has 4 nitrogen and oxygen atoms in total. The fourth-order valence-corrected chi connectivity index (χ4v) is 0.894. The molecule has 0 saturated heterocycles. The maximum absolute atomic E-state index is 9.90. The number of carbonyl (C=O) groups excluding carboxylic acids is 2. The zero-order valence-corrected chi connectivity index (χ0v) is 11.1. The average Bonchev–Trinajstić information content (AvgIpc) is 2.14. The van der Waals surface area contributed by atoms with Gasteiger partial charge in [-0.15, -0.1) is 0 Å². The van der Waals surface area contributed by atoms with Crippen LogP contribution in [-0.4, -0.2) is 50.6 Å². The molecule has 0 saturated carbocycles. The van der Waals surface area contributed by atoms with Crippen LogP contribution < -0.4 is 0 Å². The number of allylic oxidation sites excluding steroid dienone is 2. The van der Waals surface area contributed by atoms with Gasteiger partial charge in [0.15, 0.2) is 6.29 Å². The molecule has 0 N–H and O–H groups in total. The number of nitrogens with zero attached hydrogens (tertiary/aromatic N) is 2. The lowest BCUT2D eigenvalue weighted by Crippen LogP contribution is -2.01. The van der Waals surface area contributed by atoms with Gasteiger partial charge in [-0.2, -0.15) is 0 Å². The van der Waals surface area contributed by atoms with E-state index in [1.54, 1.807) is 22.2 Å². The summed E-state index contributed by atoms with van der Waals surface area (Å²) in [5.74, 6) is 0. The van der Waals surface area contributed by atoms with E-state index in [9.17, 15) is 9.59 Å². The lowest BCUT2D eigenvalue weighted by molar-refractivity contribution is -0.105. The predicted octanol–water partition coefficient (Wildman–Crippen LogP) is 1.24. The number of halogens is 1. The van der Waals surface area contributed by atoms with E-state index in [0.29, 0.717) is 4.48 Å². The molecule has 0 fully saturated rings. The Morgan fingerprint density at radius 3 is 1.73 bits per heavy atom. The minimum absolute atomic E-state index is 0.558. The molecule has 0 atom stereocenters. The summed E-state index contributed by atoms with van der Waals surface area (Å²) in [7, 11) is 7.43. The molecule has 0 radical (unpaired) electrons. The van der Waals surface area contributed by atoms with Gasteiger partial charge in [-0.05, 0) is 22.0 Å². The number of carbonyl (C=O) groups is 2. The molecular weight excluding hydrogens is 260 g/mol. The Bertz CT molecular complexity index is 236. The van der Waals surface area contributed by atoms with Gasteiger partial charge >= 0.3 is 0 Å². The average molecular weight is 277 g/mol. The van der Waals surface area contributed by atoms with Crippen LogP contribution in [0, 0.1) is 0 Å². The monoisotopic (exact) mass is 276 g/mol. The quantitative estimate of drug-likeness (QED) is 0.572. The summed E-state index contributed by atoms with van der Waals surface area (Å²) in [6, 6.07) is 0. The highest BCUT2D eigenvalue weighted by atomic mass is 79.9. The summed E-state index contributed by atoms with van der Waals surface area (Å²) in [6.07, 6.45) is 6.32. The van der Waals surface area contributed by atoms with Crippen molar-refractivity contribution in [2.45, 2.75) is 0 Å². The van der Waals surface area contributed by atoms with E-state index in [1.807, 2.05) is 28.2 Å². The molecule has 0 aromatic rings. The molecule has 0 aliphatic heterocycles. The number of hydrogen-bond acceptors (Lipinski definition) is 4. The Kier molecular flexibility index (Phi) is 12.0. The SMILES string of the molecule is CN(C)/C=C(\Br)C=O.CN(C)/C=C/C=O. The topological polar surface area (TPSA) is 40.6 Å². The molecule has 0 aromatic heterocycles. The largest absolute Gasteiger partial charge is 0.383 e. The van der Waals surface area contributed by atoms with Crippen LogP contribution in [0.2, 0.25) is 0 Å². The number of rotatable bonds is 4. The molecule has 0 aromatic carbocycles. The zero-order valence-electron chi connectivity index (χ0n) is 9.48. The van der Waals surface area contributed by atoms with Crippen molar-refractivity contribution in [2.24, 2.45) is 0 Å². The van der Waals surface area contributed by atoms with Crippen LogP contribution in [-0.2, 0) is 9.59 Å². The molecule has 0 amide bonds. The first kappa shape index (κ1) is 16.3. The highest BCUT2D eigenvalue weighted by molar-refractivity contribution is 9.12. The van der Waals surface area contributed by atoms with E-state index >= 15 is 0 Å². The molecule has 0 unspecified atom stereocenters. The minimum Gasteiger partial charge on any atom is -0.383 e. The van der Waals surface area contributed by atoms with Gasteiger partial charge < -0.3 is 9.80 Å². The fourth-order valence-electron chi connectivity index (χ4n) is 0.484. The third-order valence-electron chi connectivity index (χ3n) is 0.957. The molecular formula is C10H17BrN2O2. The van der Waals surface area contributed by atoms with Crippen LogP contribution >= 0.6 is 15.9 Å². The molecule has 5 heteroatoms. The Hall–Kier alpha value is -1.10. The van der Waals surface area contributed by atoms with Crippen molar-refractivity contribution in [3.8, 4) is 0 Å². The van der Waals surface area contributed by atoms with Gasteiger partial charge in [-0.3, -0.25) is 9.59 Å². The Morgan fingerprint density at radius 2 is 1.60 bits per heavy atom. The standard InChI is InChI=1S/C5H8BrNO.C5H9NO/c1-7(2)3-5(6)4-8;1-6(2)4-3-5-7/h3-4H,1-2H3;3-5H,1-2H3/b5-3-;4-3+. The molecule has 0 aliphatic carbocycles. The highest BCUT2D eigenvalue weighted by Gasteiger charge is 1.84. The van der Waals surface area contributed by atoms with Crippen LogP contribution in [0.3, 0.4) is 0 Å². The molecule has 15 heavy (non-hydrogen) atoms. The smallest absolute Gasteiger partial charge is 0.158 e. The van der Waals surface area contributed by atoms with Gasteiger partial charge in [-0.1, -0.05) is 0 Å². The molecule has 0 bridgehead atoms. The van der Waals surface area contributed by atoms with E-state index in [1.165, 1.54) is 6.08 Å². The van der Waals surface area contributed by atoms with Crippen molar-refractivity contribution in [3.05, 3.63) is 23.0 Å². The van der Waals surface area contributed by atoms with E-state index in [0.717, 1.165) is 12.6 Å². The predicted molar refractivity (Wildman–Crippen MR) is 65.7 cm³/mol. The van der Waals surface area contributed by atoms with Gasteiger partial charge in [0.05, 0.1) is 4.48 Å². The Morgan fingerprint density at radius 1 is 1.07 bits per heavy atom. The molecule has 0 aliphatic rings. The van der Waals surface area contributed by atoms with Gasteiger partial charge in [0.1, 0.15) is 6.29 Å². The molecule has 0 spiro atoms. The van der Waals surface area contributed by atoms with Crippen LogP contribution in [0.25, 0.3) is 0 Å². The first-order valence-electron chi connectivity index (χ1n) is 4.21. The fraction of sp³-hybridized carbons (Fsp3) is 0.400. The van der Waals surface area contributed by atoms with Crippen molar-refractivity contribution in [2.75, 3.05) is 28.2 Å². The molecule has 86 valence electrons. The van der Waals surface area contributed by atoms with Gasteiger partial charge in [0.2, 0.25) is 0 Å². The van der Waals surface area contributed by atoms with Gasteiger partial charge in [-0.25, -0.2) is 0 Å². The van der Waals surface area contributed by atoms with E-state index in [-0.39, 0.29) is 0 Å². The minimum atomic E-state index is 0.558. The first-order chi connectivity index (χ1) is 6.93. The van der Waals surface area contributed by atoms with Gasteiger partial charge in [0.25, 0.3) is 0 Å². The van der Waals surface area contributed by atoms with Crippen LogP contribution in [0.4, 0.5) is 0 Å². The molecule has 0 rings (SSSR count). The maximum atomic E-state index is 9.90. The summed E-state index contributed by atoms with van der Waals surface area (Å²) < 4.78 is 0.558. The number of aldehydes is 2. The van der Waals surface area contributed by atoms with E-state index in [2.05, 4.69) is 15.9 Å². The maximum Gasteiger partial charge on any atom is 0.158 e. The van der Waals surface area contributed by atoms with E-state index in [4.69, 9.17) is 0 Å². The summed E-state index contributed by atoms with van der Waals surface area (Å²) in [5, 5.41) is 0. The first-order valence-corrected chi connectivity index (χ1v) is 5.00. The third kappa shape index (κ3) is 19.3. The Labute approximate surface area is 99.4 Å². The van der Waals surface area contributed by atoms with Crippen LogP contribution in [0.5, 0.6) is 0 Å². The number of hydrogen-bond donors (Lipinski definition) is 0. The van der Waals surface area contributed by atoms with Crippen molar-refractivity contribution < 1.29 is 9.59 Å². The van der Waals surface area contributed by atoms with Crippen molar-refractivity contribution in [1.29, 1.82) is 0 Å². The Balaban J connectivity index is 0.